The van der Waals surface area contributed by atoms with E-state index >= 15 is 0 Å². The van der Waals surface area contributed by atoms with Crippen LogP contribution in [-0.4, -0.2) is 33.6 Å². The minimum absolute atomic E-state index is 0.206. The molecule has 0 aliphatic heterocycles. The van der Waals surface area contributed by atoms with Gasteiger partial charge in [-0.15, -0.1) is 0 Å². The van der Waals surface area contributed by atoms with Gasteiger partial charge < -0.3 is 10.4 Å². The summed E-state index contributed by atoms with van der Waals surface area (Å²) in [6.45, 7) is 1.84. The Morgan fingerprint density at radius 3 is 2.83 bits per heavy atom. The van der Waals surface area contributed by atoms with Crippen molar-refractivity contribution in [1.82, 2.24) is 15.3 Å². The Labute approximate surface area is 134 Å². The molecule has 0 aliphatic rings. The molecule has 0 radical (unpaired) electrons. The topological polar surface area (TPSA) is 75.1 Å². The third kappa shape index (κ3) is 3.35. The number of fused-ring (bicyclic) bond motifs is 1. The van der Waals surface area contributed by atoms with Crippen molar-refractivity contribution in [3.8, 4) is 11.3 Å². The number of rotatable bonds is 4. The van der Waals surface area contributed by atoms with Crippen molar-refractivity contribution in [2.24, 2.45) is 0 Å². The van der Waals surface area contributed by atoms with Gasteiger partial charge in [0.1, 0.15) is 0 Å². The summed E-state index contributed by atoms with van der Waals surface area (Å²) in [7, 11) is 0. The molecule has 1 unspecified atom stereocenters. The SMILES string of the molecule is CC(O)CNC(=O)c1cc(-c2cccnc2)nc2ccccc12. The number of para-hydroxylation sites is 1. The zero-order valence-electron chi connectivity index (χ0n) is 12.7. The second-order valence-corrected chi connectivity index (χ2v) is 5.37. The maximum atomic E-state index is 12.5. The van der Waals surface area contributed by atoms with Crippen LogP contribution in [0.1, 0.15) is 17.3 Å². The Morgan fingerprint density at radius 2 is 2.09 bits per heavy atom. The molecule has 5 heteroatoms. The molecule has 2 N–H and O–H groups in total. The van der Waals surface area contributed by atoms with Crippen molar-refractivity contribution in [1.29, 1.82) is 0 Å². The van der Waals surface area contributed by atoms with E-state index in [1.807, 2.05) is 36.4 Å². The molecule has 116 valence electrons. The van der Waals surface area contributed by atoms with Crippen molar-refractivity contribution >= 4 is 16.8 Å². The minimum atomic E-state index is -0.593. The summed E-state index contributed by atoms with van der Waals surface area (Å²) in [5.41, 5.74) is 2.83. The summed E-state index contributed by atoms with van der Waals surface area (Å²) in [6, 6.07) is 13.0. The Morgan fingerprint density at radius 1 is 1.26 bits per heavy atom. The number of aliphatic hydroxyl groups is 1. The highest BCUT2D eigenvalue weighted by Gasteiger charge is 2.14. The lowest BCUT2D eigenvalue weighted by Crippen LogP contribution is -2.30. The van der Waals surface area contributed by atoms with Gasteiger partial charge >= 0.3 is 0 Å². The van der Waals surface area contributed by atoms with Crippen LogP contribution in [0.2, 0.25) is 0 Å². The van der Waals surface area contributed by atoms with Crippen molar-refractivity contribution < 1.29 is 9.90 Å². The van der Waals surface area contributed by atoms with E-state index in [1.54, 1.807) is 25.4 Å². The molecule has 0 bridgehead atoms. The number of nitrogens with one attached hydrogen (secondary N) is 1. The summed E-state index contributed by atoms with van der Waals surface area (Å²) in [4.78, 5) is 21.2. The quantitative estimate of drug-likeness (QED) is 0.776. The molecule has 1 aromatic carbocycles. The fourth-order valence-corrected chi connectivity index (χ4v) is 2.36. The van der Waals surface area contributed by atoms with Crippen LogP contribution in [0.5, 0.6) is 0 Å². The number of hydrogen-bond donors (Lipinski definition) is 2. The lowest BCUT2D eigenvalue weighted by atomic mass is 10.0. The average Bonchev–Trinajstić information content (AvgIpc) is 2.59. The Kier molecular flexibility index (Phi) is 4.30. The number of pyridine rings is 2. The highest BCUT2D eigenvalue weighted by Crippen LogP contribution is 2.24. The molecule has 1 atom stereocenters. The Bertz CT molecular complexity index is 832. The van der Waals surface area contributed by atoms with Gasteiger partial charge in [0.25, 0.3) is 5.91 Å². The molecule has 3 aromatic rings. The van der Waals surface area contributed by atoms with E-state index in [0.29, 0.717) is 11.3 Å². The lowest BCUT2D eigenvalue weighted by Gasteiger charge is -2.11. The van der Waals surface area contributed by atoms with Crippen molar-refractivity contribution in [2.75, 3.05) is 6.54 Å². The number of aliphatic hydroxyl groups excluding tert-OH is 1. The smallest absolute Gasteiger partial charge is 0.252 e. The van der Waals surface area contributed by atoms with E-state index in [2.05, 4.69) is 15.3 Å². The lowest BCUT2D eigenvalue weighted by molar-refractivity contribution is 0.0925. The zero-order valence-corrected chi connectivity index (χ0v) is 12.7. The van der Waals surface area contributed by atoms with E-state index in [4.69, 9.17) is 0 Å². The molecule has 3 rings (SSSR count). The van der Waals surface area contributed by atoms with Gasteiger partial charge in [0.2, 0.25) is 0 Å². The number of amides is 1. The number of aromatic nitrogens is 2. The predicted molar refractivity (Wildman–Crippen MR) is 89.0 cm³/mol. The predicted octanol–water partition coefficient (Wildman–Crippen LogP) is 2.41. The first-order valence-corrected chi connectivity index (χ1v) is 7.41. The van der Waals surface area contributed by atoms with E-state index in [9.17, 15) is 9.90 Å². The third-order valence-electron chi connectivity index (χ3n) is 3.48. The number of nitrogens with zero attached hydrogens (tertiary/aromatic N) is 2. The maximum absolute atomic E-state index is 12.5. The number of carbonyl (C=O) groups excluding carboxylic acids is 1. The number of carbonyl (C=O) groups is 1. The number of hydrogen-bond acceptors (Lipinski definition) is 4. The van der Waals surface area contributed by atoms with Gasteiger partial charge in [-0.1, -0.05) is 18.2 Å². The molecule has 0 aliphatic carbocycles. The second kappa shape index (κ2) is 6.54. The van der Waals surface area contributed by atoms with Gasteiger partial charge in [0.05, 0.1) is 22.9 Å². The Balaban J connectivity index is 2.09. The minimum Gasteiger partial charge on any atom is -0.392 e. The van der Waals surface area contributed by atoms with Crippen molar-refractivity contribution in [3.05, 3.63) is 60.4 Å². The summed E-state index contributed by atoms with van der Waals surface area (Å²) in [5, 5.41) is 12.9. The summed E-state index contributed by atoms with van der Waals surface area (Å²) < 4.78 is 0. The fraction of sp³-hybridized carbons (Fsp3) is 0.167. The Hall–Kier alpha value is -2.79. The maximum Gasteiger partial charge on any atom is 0.252 e. The van der Waals surface area contributed by atoms with Gasteiger partial charge in [-0.2, -0.15) is 0 Å². The van der Waals surface area contributed by atoms with Crippen LogP contribution in [0.3, 0.4) is 0 Å². The van der Waals surface area contributed by atoms with Gasteiger partial charge in [-0.3, -0.25) is 9.78 Å². The highest BCUT2D eigenvalue weighted by molar-refractivity contribution is 6.07. The monoisotopic (exact) mass is 307 g/mol. The fourth-order valence-electron chi connectivity index (χ4n) is 2.36. The molecule has 0 spiro atoms. The molecule has 0 saturated heterocycles. The molecular weight excluding hydrogens is 290 g/mol. The summed E-state index contributed by atoms with van der Waals surface area (Å²) in [6.07, 6.45) is 2.82. The van der Waals surface area contributed by atoms with Crippen LogP contribution in [0, 0.1) is 0 Å². The molecule has 0 saturated carbocycles. The molecular formula is C18H17N3O2. The van der Waals surface area contributed by atoms with Crippen LogP contribution in [-0.2, 0) is 0 Å². The molecule has 2 aromatic heterocycles. The van der Waals surface area contributed by atoms with Crippen molar-refractivity contribution in [3.63, 3.8) is 0 Å². The van der Waals surface area contributed by atoms with Crippen LogP contribution in [0.15, 0.2) is 54.9 Å². The van der Waals surface area contributed by atoms with Gasteiger partial charge in [-0.05, 0) is 31.2 Å². The average molecular weight is 307 g/mol. The van der Waals surface area contributed by atoms with E-state index < -0.39 is 6.10 Å². The first-order chi connectivity index (χ1) is 11.1. The standard InChI is InChI=1S/C18H17N3O2/c1-12(22)10-20-18(23)15-9-17(13-5-4-8-19-11-13)21-16-7-3-2-6-14(15)16/h2-9,11-12,22H,10H2,1H3,(H,20,23). The van der Waals surface area contributed by atoms with Crippen LogP contribution in [0.25, 0.3) is 22.2 Å². The number of benzene rings is 1. The van der Waals surface area contributed by atoms with Gasteiger partial charge in [-0.25, -0.2) is 4.98 Å². The first kappa shape index (κ1) is 15.1. The van der Waals surface area contributed by atoms with Crippen LogP contribution in [0.4, 0.5) is 0 Å². The molecule has 5 nitrogen and oxygen atoms in total. The van der Waals surface area contributed by atoms with Gasteiger partial charge in [0, 0.05) is 29.9 Å². The molecule has 1 amide bonds. The third-order valence-corrected chi connectivity index (χ3v) is 3.48. The normalized spacial score (nSPS) is 12.1. The first-order valence-electron chi connectivity index (χ1n) is 7.41. The molecule has 0 fully saturated rings. The van der Waals surface area contributed by atoms with Crippen molar-refractivity contribution in [2.45, 2.75) is 13.0 Å². The van der Waals surface area contributed by atoms with Crippen LogP contribution < -0.4 is 5.32 Å². The highest BCUT2D eigenvalue weighted by atomic mass is 16.3. The van der Waals surface area contributed by atoms with E-state index in [-0.39, 0.29) is 12.5 Å². The summed E-state index contributed by atoms with van der Waals surface area (Å²) in [5.74, 6) is -0.227. The zero-order chi connectivity index (χ0) is 16.2. The van der Waals surface area contributed by atoms with E-state index in [0.717, 1.165) is 16.5 Å². The van der Waals surface area contributed by atoms with E-state index in [1.165, 1.54) is 0 Å². The second-order valence-electron chi connectivity index (χ2n) is 5.37. The van der Waals surface area contributed by atoms with Crippen LogP contribution >= 0.6 is 0 Å². The summed E-state index contributed by atoms with van der Waals surface area (Å²) >= 11 is 0. The van der Waals surface area contributed by atoms with Gasteiger partial charge in [0.15, 0.2) is 0 Å². The largest absolute Gasteiger partial charge is 0.392 e. The molecule has 23 heavy (non-hydrogen) atoms. The molecule has 2 heterocycles.